The standard InChI is InChI=1S/C22H39N3O/c1-16-19-13-17(22(19,2)3)14-20(16)23-21(26)15-24-9-11-25(12-10-24)18-7-5-4-6-8-18/h16-20H,4-15H2,1-3H3,(H,23,26)/t16-,17+,19-,20?/m0/s1. The van der Waals surface area contributed by atoms with E-state index in [2.05, 4.69) is 35.9 Å². The van der Waals surface area contributed by atoms with Crippen LogP contribution in [0.15, 0.2) is 0 Å². The molecule has 1 heterocycles. The number of rotatable bonds is 4. The van der Waals surface area contributed by atoms with Crippen molar-refractivity contribution in [2.45, 2.75) is 77.8 Å². The van der Waals surface area contributed by atoms with Gasteiger partial charge in [-0.3, -0.25) is 14.6 Å². The van der Waals surface area contributed by atoms with Gasteiger partial charge in [0.25, 0.3) is 0 Å². The van der Waals surface area contributed by atoms with Crippen molar-refractivity contribution in [1.82, 2.24) is 15.1 Å². The van der Waals surface area contributed by atoms with Gasteiger partial charge >= 0.3 is 0 Å². The smallest absolute Gasteiger partial charge is 0.234 e. The van der Waals surface area contributed by atoms with Crippen LogP contribution in [0.25, 0.3) is 0 Å². The van der Waals surface area contributed by atoms with Gasteiger partial charge in [0, 0.05) is 38.3 Å². The molecule has 5 aliphatic rings. The van der Waals surface area contributed by atoms with E-state index in [0.717, 1.165) is 44.1 Å². The average molecular weight is 362 g/mol. The molecule has 4 aliphatic carbocycles. The fraction of sp³-hybridized carbons (Fsp3) is 0.955. The topological polar surface area (TPSA) is 35.6 Å². The van der Waals surface area contributed by atoms with Crippen molar-refractivity contribution in [1.29, 1.82) is 0 Å². The first-order chi connectivity index (χ1) is 12.4. The first-order valence-electron chi connectivity index (χ1n) is 11.2. The van der Waals surface area contributed by atoms with Crippen LogP contribution in [0.4, 0.5) is 0 Å². The third kappa shape index (κ3) is 3.56. The third-order valence-electron chi connectivity index (χ3n) is 8.57. The van der Waals surface area contributed by atoms with Crippen molar-refractivity contribution in [3.05, 3.63) is 0 Å². The van der Waals surface area contributed by atoms with E-state index in [0.29, 0.717) is 23.9 Å². The molecule has 0 aromatic carbocycles. The lowest BCUT2D eigenvalue weighted by molar-refractivity contribution is -0.135. The number of amides is 1. The SMILES string of the molecule is C[C@@H]1C(NC(=O)CN2CCN(C3CCCCC3)CC2)C[C@H]2C[C@@H]1C2(C)C. The number of hydrogen-bond acceptors (Lipinski definition) is 3. The Morgan fingerprint density at radius 2 is 1.73 bits per heavy atom. The third-order valence-corrected chi connectivity index (χ3v) is 8.57. The predicted octanol–water partition coefficient (Wildman–Crippen LogP) is 3.12. The Hall–Kier alpha value is -0.610. The highest BCUT2D eigenvalue weighted by atomic mass is 16.2. The van der Waals surface area contributed by atoms with Gasteiger partial charge in [0.1, 0.15) is 0 Å². The normalized spacial score (nSPS) is 38.6. The monoisotopic (exact) mass is 361 g/mol. The fourth-order valence-electron chi connectivity index (χ4n) is 6.53. The van der Waals surface area contributed by atoms with Crippen molar-refractivity contribution in [2.24, 2.45) is 23.2 Å². The van der Waals surface area contributed by atoms with Gasteiger partial charge < -0.3 is 5.32 Å². The molecule has 4 atom stereocenters. The zero-order valence-electron chi connectivity index (χ0n) is 17.2. The highest BCUT2D eigenvalue weighted by Crippen LogP contribution is 2.61. The molecule has 1 amide bonds. The molecule has 0 spiro atoms. The molecular weight excluding hydrogens is 322 g/mol. The Bertz CT molecular complexity index is 506. The number of carbonyl (C=O) groups is 1. The van der Waals surface area contributed by atoms with Gasteiger partial charge in [-0.15, -0.1) is 0 Å². The van der Waals surface area contributed by atoms with Crippen LogP contribution in [-0.2, 0) is 4.79 Å². The van der Waals surface area contributed by atoms with Crippen LogP contribution in [0.2, 0.25) is 0 Å². The maximum atomic E-state index is 12.6. The number of carbonyl (C=O) groups excluding carboxylic acids is 1. The van der Waals surface area contributed by atoms with Crippen molar-refractivity contribution in [2.75, 3.05) is 32.7 Å². The summed E-state index contributed by atoms with van der Waals surface area (Å²) in [6, 6.07) is 1.22. The Morgan fingerprint density at radius 1 is 1.04 bits per heavy atom. The van der Waals surface area contributed by atoms with E-state index in [1.165, 1.54) is 44.9 Å². The van der Waals surface area contributed by atoms with E-state index < -0.39 is 0 Å². The second kappa shape index (κ2) is 7.43. The Morgan fingerprint density at radius 3 is 2.35 bits per heavy atom. The number of nitrogens with one attached hydrogen (secondary N) is 1. The predicted molar refractivity (Wildman–Crippen MR) is 106 cm³/mol. The van der Waals surface area contributed by atoms with Gasteiger partial charge in [-0.05, 0) is 48.9 Å². The largest absolute Gasteiger partial charge is 0.352 e. The Balaban J connectivity index is 1.20. The van der Waals surface area contributed by atoms with Crippen molar-refractivity contribution >= 4 is 5.91 Å². The molecule has 0 aromatic heterocycles. The molecule has 1 saturated heterocycles. The molecular formula is C22H39N3O. The second-order valence-electron chi connectivity index (χ2n) is 10.2. The molecule has 0 aromatic rings. The maximum absolute atomic E-state index is 12.6. The minimum Gasteiger partial charge on any atom is -0.352 e. The highest BCUT2D eigenvalue weighted by Gasteiger charge is 2.56. The quantitative estimate of drug-likeness (QED) is 0.836. The Kier molecular flexibility index (Phi) is 5.35. The molecule has 5 fully saturated rings. The first-order valence-corrected chi connectivity index (χ1v) is 11.2. The van der Waals surface area contributed by atoms with Gasteiger partial charge in [0.2, 0.25) is 5.91 Å². The zero-order valence-corrected chi connectivity index (χ0v) is 17.2. The summed E-state index contributed by atoms with van der Waals surface area (Å²) in [5.74, 6) is 2.49. The fourth-order valence-corrected chi connectivity index (χ4v) is 6.53. The first kappa shape index (κ1) is 18.7. The van der Waals surface area contributed by atoms with E-state index in [4.69, 9.17) is 0 Å². The van der Waals surface area contributed by atoms with Crippen LogP contribution < -0.4 is 5.32 Å². The van der Waals surface area contributed by atoms with Gasteiger partial charge in [-0.2, -0.15) is 0 Å². The lowest BCUT2D eigenvalue weighted by atomic mass is 9.45. The van der Waals surface area contributed by atoms with E-state index in [-0.39, 0.29) is 5.91 Å². The summed E-state index contributed by atoms with van der Waals surface area (Å²) < 4.78 is 0. The lowest BCUT2D eigenvalue weighted by Gasteiger charge is -2.62. The van der Waals surface area contributed by atoms with Gasteiger partial charge in [0.05, 0.1) is 6.54 Å². The van der Waals surface area contributed by atoms with Crippen LogP contribution in [0.3, 0.4) is 0 Å². The molecule has 0 radical (unpaired) electrons. The summed E-state index contributed by atoms with van der Waals surface area (Å²) in [6.07, 6.45) is 9.58. The van der Waals surface area contributed by atoms with Crippen LogP contribution in [0.1, 0.15) is 65.7 Å². The van der Waals surface area contributed by atoms with E-state index >= 15 is 0 Å². The summed E-state index contributed by atoms with van der Waals surface area (Å²) in [5, 5.41) is 3.39. The summed E-state index contributed by atoms with van der Waals surface area (Å²) in [5.41, 5.74) is 0.496. The van der Waals surface area contributed by atoms with Crippen LogP contribution in [-0.4, -0.2) is 60.5 Å². The van der Waals surface area contributed by atoms with Gasteiger partial charge in [-0.1, -0.05) is 40.0 Å². The minimum atomic E-state index is 0.257. The van der Waals surface area contributed by atoms with Gasteiger partial charge in [0.15, 0.2) is 0 Å². The Labute approximate surface area is 160 Å². The van der Waals surface area contributed by atoms with Crippen LogP contribution in [0, 0.1) is 23.2 Å². The number of hydrogen-bond donors (Lipinski definition) is 1. The molecule has 1 N–H and O–H groups in total. The minimum absolute atomic E-state index is 0.257. The molecule has 26 heavy (non-hydrogen) atoms. The molecule has 4 saturated carbocycles. The van der Waals surface area contributed by atoms with Gasteiger partial charge in [-0.25, -0.2) is 0 Å². The van der Waals surface area contributed by atoms with E-state index in [1.807, 2.05) is 0 Å². The summed E-state index contributed by atoms with van der Waals surface area (Å²) in [7, 11) is 0. The average Bonchev–Trinajstić information content (AvgIpc) is 2.64. The number of nitrogens with zero attached hydrogens (tertiary/aromatic N) is 2. The van der Waals surface area contributed by atoms with Crippen LogP contribution >= 0.6 is 0 Å². The zero-order chi connectivity index (χ0) is 18.3. The second-order valence-corrected chi connectivity index (χ2v) is 10.2. The molecule has 148 valence electrons. The van der Waals surface area contributed by atoms with Crippen molar-refractivity contribution in [3.63, 3.8) is 0 Å². The molecule has 4 nitrogen and oxygen atoms in total. The summed E-state index contributed by atoms with van der Waals surface area (Å²) >= 11 is 0. The molecule has 1 unspecified atom stereocenters. The van der Waals surface area contributed by atoms with E-state index in [1.54, 1.807) is 0 Å². The maximum Gasteiger partial charge on any atom is 0.234 e. The summed E-state index contributed by atoms with van der Waals surface area (Å²) in [4.78, 5) is 17.7. The summed E-state index contributed by atoms with van der Waals surface area (Å²) in [6.45, 7) is 12.2. The molecule has 5 rings (SSSR count). The molecule has 2 bridgehead atoms. The molecule has 1 aliphatic heterocycles. The van der Waals surface area contributed by atoms with Crippen molar-refractivity contribution < 1.29 is 4.79 Å². The number of piperazine rings is 1. The molecule has 4 heteroatoms. The van der Waals surface area contributed by atoms with Crippen LogP contribution in [0.5, 0.6) is 0 Å². The lowest BCUT2D eigenvalue weighted by Crippen LogP contribution is -2.61. The highest BCUT2D eigenvalue weighted by molar-refractivity contribution is 5.78. The van der Waals surface area contributed by atoms with E-state index in [9.17, 15) is 4.79 Å². The van der Waals surface area contributed by atoms with Crippen molar-refractivity contribution in [3.8, 4) is 0 Å². The number of fused-ring (bicyclic) bond motifs is 2.